The van der Waals surface area contributed by atoms with Gasteiger partial charge < -0.3 is 4.90 Å². The van der Waals surface area contributed by atoms with E-state index in [2.05, 4.69) is 20.9 Å². The van der Waals surface area contributed by atoms with Gasteiger partial charge in [-0.05, 0) is 17.7 Å². The van der Waals surface area contributed by atoms with Gasteiger partial charge in [-0.2, -0.15) is 0 Å². The van der Waals surface area contributed by atoms with Crippen LogP contribution in [0.1, 0.15) is 5.56 Å². The second-order valence-electron chi connectivity index (χ2n) is 5.52. The molecule has 1 aliphatic heterocycles. The highest BCUT2D eigenvalue weighted by atomic mass is 35.5. The van der Waals surface area contributed by atoms with Crippen LogP contribution in [0.3, 0.4) is 0 Å². The smallest absolute Gasteiger partial charge is 0.271 e. The van der Waals surface area contributed by atoms with E-state index in [1.54, 1.807) is 12.3 Å². The first kappa shape index (κ1) is 15.7. The number of anilines is 1. The van der Waals surface area contributed by atoms with E-state index in [1.807, 2.05) is 12.3 Å². The quantitative estimate of drug-likeness (QED) is 0.636. The largest absolute Gasteiger partial charge is 0.368 e. The van der Waals surface area contributed by atoms with E-state index >= 15 is 0 Å². The Morgan fingerprint density at radius 2 is 2.00 bits per heavy atom. The maximum Gasteiger partial charge on any atom is 0.271 e. The van der Waals surface area contributed by atoms with Gasteiger partial charge in [0, 0.05) is 57.3 Å². The minimum atomic E-state index is -0.429. The van der Waals surface area contributed by atoms with Gasteiger partial charge in [0.1, 0.15) is 0 Å². The van der Waals surface area contributed by atoms with Gasteiger partial charge in [0.05, 0.1) is 15.6 Å². The van der Waals surface area contributed by atoms with E-state index < -0.39 is 4.92 Å². The molecule has 1 saturated heterocycles. The summed E-state index contributed by atoms with van der Waals surface area (Å²) in [4.78, 5) is 19.0. The van der Waals surface area contributed by atoms with Crippen molar-refractivity contribution in [3.8, 4) is 0 Å². The van der Waals surface area contributed by atoms with Crippen molar-refractivity contribution in [2.45, 2.75) is 6.54 Å². The summed E-state index contributed by atoms with van der Waals surface area (Å²) in [5, 5.41) is 11.2. The molecule has 0 radical (unpaired) electrons. The Bertz CT molecular complexity index is 688. The Labute approximate surface area is 139 Å². The number of nitro groups is 1. The van der Waals surface area contributed by atoms with Crippen molar-refractivity contribution in [3.05, 3.63) is 63.4 Å². The molecule has 2 aromatic rings. The summed E-state index contributed by atoms with van der Waals surface area (Å²) in [7, 11) is 0. The van der Waals surface area contributed by atoms with Crippen LogP contribution in [0.4, 0.5) is 11.4 Å². The van der Waals surface area contributed by atoms with Gasteiger partial charge in [-0.15, -0.1) is 0 Å². The van der Waals surface area contributed by atoms with Crippen molar-refractivity contribution in [2.24, 2.45) is 0 Å². The van der Waals surface area contributed by atoms with E-state index in [0.29, 0.717) is 5.02 Å². The molecule has 6 nitrogen and oxygen atoms in total. The van der Waals surface area contributed by atoms with Crippen LogP contribution in [0.2, 0.25) is 5.02 Å². The predicted octanol–water partition coefficient (Wildman–Crippen LogP) is 2.97. The summed E-state index contributed by atoms with van der Waals surface area (Å²) >= 11 is 6.20. The number of hydrogen-bond acceptors (Lipinski definition) is 5. The molecule has 3 rings (SSSR count). The second-order valence-corrected chi connectivity index (χ2v) is 5.92. The van der Waals surface area contributed by atoms with Gasteiger partial charge in [0.2, 0.25) is 0 Å². The van der Waals surface area contributed by atoms with E-state index in [1.165, 1.54) is 17.7 Å². The number of pyridine rings is 1. The Balaban J connectivity index is 1.62. The molecule has 1 aromatic heterocycles. The SMILES string of the molecule is O=[N+]([O-])c1ccc(N2CCN(Cc3cccnc3)CC2)c(Cl)c1. The Hall–Kier alpha value is -2.18. The number of benzene rings is 1. The third-order valence-electron chi connectivity index (χ3n) is 3.98. The third-order valence-corrected chi connectivity index (χ3v) is 4.29. The summed E-state index contributed by atoms with van der Waals surface area (Å²) < 4.78 is 0. The summed E-state index contributed by atoms with van der Waals surface area (Å²) in [5.74, 6) is 0. The molecule has 1 aromatic carbocycles. The molecule has 0 N–H and O–H groups in total. The van der Waals surface area contributed by atoms with Crippen molar-refractivity contribution in [3.63, 3.8) is 0 Å². The molecule has 120 valence electrons. The van der Waals surface area contributed by atoms with Crippen LogP contribution < -0.4 is 4.90 Å². The van der Waals surface area contributed by atoms with Gasteiger partial charge in [-0.1, -0.05) is 17.7 Å². The number of hydrogen-bond donors (Lipinski definition) is 0. The highest BCUT2D eigenvalue weighted by Crippen LogP contribution is 2.30. The molecule has 0 amide bonds. The number of nitro benzene ring substituents is 1. The number of non-ortho nitro benzene ring substituents is 1. The van der Waals surface area contributed by atoms with Gasteiger partial charge in [0.15, 0.2) is 0 Å². The lowest BCUT2D eigenvalue weighted by Crippen LogP contribution is -2.46. The molecule has 0 saturated carbocycles. The van der Waals surface area contributed by atoms with Crippen molar-refractivity contribution in [2.75, 3.05) is 31.1 Å². The number of piperazine rings is 1. The van der Waals surface area contributed by atoms with Crippen LogP contribution in [0.25, 0.3) is 0 Å². The van der Waals surface area contributed by atoms with E-state index in [-0.39, 0.29) is 5.69 Å². The maximum atomic E-state index is 10.8. The van der Waals surface area contributed by atoms with Gasteiger partial charge in [0.25, 0.3) is 5.69 Å². The standard InChI is InChI=1S/C16H17ClN4O2/c17-15-10-14(21(22)23)3-4-16(15)20-8-6-19(7-9-20)12-13-2-1-5-18-11-13/h1-5,10-11H,6-9,12H2. The fourth-order valence-corrected chi connectivity index (χ4v) is 3.06. The van der Waals surface area contributed by atoms with Crippen molar-refractivity contribution < 1.29 is 4.92 Å². The van der Waals surface area contributed by atoms with Gasteiger partial charge in [-0.3, -0.25) is 20.0 Å². The fraction of sp³-hybridized carbons (Fsp3) is 0.312. The molecule has 0 unspecified atom stereocenters. The lowest BCUT2D eigenvalue weighted by molar-refractivity contribution is -0.384. The Morgan fingerprint density at radius 3 is 2.61 bits per heavy atom. The molecule has 23 heavy (non-hydrogen) atoms. The zero-order valence-electron chi connectivity index (χ0n) is 12.6. The van der Waals surface area contributed by atoms with E-state index in [4.69, 9.17) is 11.6 Å². The minimum Gasteiger partial charge on any atom is -0.368 e. The Kier molecular flexibility index (Phi) is 4.73. The maximum absolute atomic E-state index is 10.8. The number of halogens is 1. The molecule has 0 atom stereocenters. The normalized spacial score (nSPS) is 15.6. The molecule has 2 heterocycles. The van der Waals surface area contributed by atoms with Crippen LogP contribution in [0, 0.1) is 10.1 Å². The third kappa shape index (κ3) is 3.78. The first-order valence-corrected chi connectivity index (χ1v) is 7.81. The van der Waals surface area contributed by atoms with Crippen molar-refractivity contribution in [1.82, 2.24) is 9.88 Å². The molecular formula is C16H17ClN4O2. The molecule has 1 aliphatic rings. The van der Waals surface area contributed by atoms with Crippen molar-refractivity contribution >= 4 is 23.0 Å². The summed E-state index contributed by atoms with van der Waals surface area (Å²) in [6.07, 6.45) is 3.66. The summed E-state index contributed by atoms with van der Waals surface area (Å²) in [6.45, 7) is 4.41. The first-order chi connectivity index (χ1) is 11.1. The summed E-state index contributed by atoms with van der Waals surface area (Å²) in [5.41, 5.74) is 2.08. The number of rotatable bonds is 4. The van der Waals surface area contributed by atoms with Gasteiger partial charge >= 0.3 is 0 Å². The van der Waals surface area contributed by atoms with E-state index in [9.17, 15) is 10.1 Å². The molecule has 0 aliphatic carbocycles. The topological polar surface area (TPSA) is 62.5 Å². The zero-order valence-corrected chi connectivity index (χ0v) is 13.3. The molecular weight excluding hydrogens is 316 g/mol. The highest BCUT2D eigenvalue weighted by Gasteiger charge is 2.20. The highest BCUT2D eigenvalue weighted by molar-refractivity contribution is 6.33. The Morgan fingerprint density at radius 1 is 1.22 bits per heavy atom. The second kappa shape index (κ2) is 6.93. The lowest BCUT2D eigenvalue weighted by atomic mass is 10.2. The molecule has 7 heteroatoms. The average Bonchev–Trinajstić information content (AvgIpc) is 2.56. The lowest BCUT2D eigenvalue weighted by Gasteiger charge is -2.36. The predicted molar refractivity (Wildman–Crippen MR) is 89.8 cm³/mol. The average molecular weight is 333 g/mol. The van der Waals surface area contributed by atoms with Crippen LogP contribution >= 0.6 is 11.6 Å². The van der Waals surface area contributed by atoms with Crippen LogP contribution in [0.15, 0.2) is 42.7 Å². The number of aromatic nitrogens is 1. The molecule has 0 bridgehead atoms. The molecule has 1 fully saturated rings. The van der Waals surface area contributed by atoms with Crippen LogP contribution in [-0.4, -0.2) is 41.0 Å². The zero-order chi connectivity index (χ0) is 16.2. The van der Waals surface area contributed by atoms with E-state index in [0.717, 1.165) is 38.4 Å². The van der Waals surface area contributed by atoms with Crippen LogP contribution in [0.5, 0.6) is 0 Å². The molecule has 0 spiro atoms. The van der Waals surface area contributed by atoms with Gasteiger partial charge in [-0.25, -0.2) is 0 Å². The van der Waals surface area contributed by atoms with Crippen molar-refractivity contribution in [1.29, 1.82) is 0 Å². The summed E-state index contributed by atoms with van der Waals surface area (Å²) in [6, 6.07) is 8.67. The fourth-order valence-electron chi connectivity index (χ4n) is 2.76. The first-order valence-electron chi connectivity index (χ1n) is 7.43. The minimum absolute atomic E-state index is 0.0222. The monoisotopic (exact) mass is 332 g/mol. The van der Waals surface area contributed by atoms with Crippen LogP contribution in [-0.2, 0) is 6.54 Å². The number of nitrogens with zero attached hydrogens (tertiary/aromatic N) is 4.